The molecule has 19 heavy (non-hydrogen) atoms. The van der Waals surface area contributed by atoms with Crippen molar-refractivity contribution in [3.8, 4) is 5.69 Å². The van der Waals surface area contributed by atoms with E-state index in [9.17, 15) is 14.5 Å². The van der Waals surface area contributed by atoms with Crippen molar-refractivity contribution in [3.05, 3.63) is 51.0 Å². The lowest BCUT2D eigenvalue weighted by Crippen LogP contribution is -2.00. The number of aromatic nitrogens is 2. The molecule has 0 atom stereocenters. The topological polar surface area (TPSA) is 70.2 Å². The van der Waals surface area contributed by atoms with Crippen LogP contribution in [0.15, 0.2) is 24.3 Å². The Hall–Kier alpha value is -1.99. The number of halogens is 2. The van der Waals surface area contributed by atoms with Crippen molar-refractivity contribution in [2.24, 2.45) is 0 Å². The molecule has 2 rings (SSSR count). The molecule has 1 aromatic heterocycles. The maximum atomic E-state index is 13.7. The third-order valence-electron chi connectivity index (χ3n) is 2.42. The summed E-state index contributed by atoms with van der Waals surface area (Å²) in [4.78, 5) is 10.3. The second-order valence-corrected chi connectivity index (χ2v) is 4.00. The second-order valence-electron chi connectivity index (χ2n) is 3.64. The molecular formula is C11H9ClFN3O3. The third kappa shape index (κ3) is 2.42. The largest absolute Gasteiger partial charge is 0.378 e. The lowest BCUT2D eigenvalue weighted by Gasteiger charge is -2.02. The summed E-state index contributed by atoms with van der Waals surface area (Å²) in [6.07, 6.45) is 0. The van der Waals surface area contributed by atoms with Crippen molar-refractivity contribution in [2.45, 2.75) is 6.61 Å². The Morgan fingerprint density at radius 3 is 2.79 bits per heavy atom. The predicted octanol–water partition coefficient (Wildman–Crippen LogP) is 2.72. The SMILES string of the molecule is COCc1nn(-c2ccccc2F)c(Cl)c1[N+](=O)[O-]. The van der Waals surface area contributed by atoms with E-state index in [-0.39, 0.29) is 28.8 Å². The summed E-state index contributed by atoms with van der Waals surface area (Å²) in [7, 11) is 1.37. The summed E-state index contributed by atoms with van der Waals surface area (Å²) in [6.45, 7) is -0.0858. The Labute approximate surface area is 112 Å². The van der Waals surface area contributed by atoms with E-state index in [4.69, 9.17) is 16.3 Å². The standard InChI is InChI=1S/C11H9ClFN3O3/c1-19-6-8-10(16(17)18)11(12)15(14-8)9-5-3-2-4-7(9)13/h2-5H,6H2,1H3. The number of rotatable bonds is 4. The number of benzene rings is 1. The molecule has 0 bridgehead atoms. The summed E-state index contributed by atoms with van der Waals surface area (Å²) < 4.78 is 19.5. The molecule has 0 aliphatic heterocycles. The van der Waals surface area contributed by atoms with E-state index in [0.717, 1.165) is 4.68 Å². The first-order valence-corrected chi connectivity index (χ1v) is 5.59. The van der Waals surface area contributed by atoms with Gasteiger partial charge in [0.2, 0.25) is 5.15 Å². The predicted molar refractivity (Wildman–Crippen MR) is 65.9 cm³/mol. The highest BCUT2D eigenvalue weighted by atomic mass is 35.5. The molecule has 100 valence electrons. The van der Waals surface area contributed by atoms with Gasteiger partial charge in [0.25, 0.3) is 0 Å². The average molecular weight is 286 g/mol. The van der Waals surface area contributed by atoms with Crippen LogP contribution in [-0.4, -0.2) is 21.8 Å². The Morgan fingerprint density at radius 1 is 1.53 bits per heavy atom. The van der Waals surface area contributed by atoms with Crippen LogP contribution in [0.4, 0.5) is 10.1 Å². The van der Waals surface area contributed by atoms with Crippen LogP contribution in [0.2, 0.25) is 5.15 Å². The van der Waals surface area contributed by atoms with E-state index < -0.39 is 10.7 Å². The minimum Gasteiger partial charge on any atom is -0.378 e. The molecule has 0 saturated heterocycles. The molecule has 0 aliphatic rings. The number of para-hydroxylation sites is 1. The van der Waals surface area contributed by atoms with Crippen LogP contribution in [0, 0.1) is 15.9 Å². The zero-order valence-corrected chi connectivity index (χ0v) is 10.6. The minimum atomic E-state index is -0.666. The van der Waals surface area contributed by atoms with E-state index >= 15 is 0 Å². The molecule has 6 nitrogen and oxygen atoms in total. The monoisotopic (exact) mass is 285 g/mol. The van der Waals surface area contributed by atoms with E-state index in [1.807, 2.05) is 0 Å². The normalized spacial score (nSPS) is 10.7. The van der Waals surface area contributed by atoms with Gasteiger partial charge < -0.3 is 4.74 Å². The summed E-state index contributed by atoms with van der Waals surface area (Å²) >= 11 is 5.90. The summed E-state index contributed by atoms with van der Waals surface area (Å²) in [6, 6.07) is 5.72. The van der Waals surface area contributed by atoms with Crippen LogP contribution in [0.3, 0.4) is 0 Å². The van der Waals surface area contributed by atoms with Crippen molar-refractivity contribution in [3.63, 3.8) is 0 Å². The molecule has 0 aliphatic carbocycles. The smallest absolute Gasteiger partial charge is 0.331 e. The van der Waals surface area contributed by atoms with E-state index in [1.54, 1.807) is 6.07 Å². The summed E-state index contributed by atoms with van der Waals surface area (Å²) in [5, 5.41) is 14.6. The van der Waals surface area contributed by atoms with E-state index in [1.165, 1.54) is 25.3 Å². The first-order valence-electron chi connectivity index (χ1n) is 5.22. The van der Waals surface area contributed by atoms with Crippen molar-refractivity contribution < 1.29 is 14.1 Å². The highest BCUT2D eigenvalue weighted by Crippen LogP contribution is 2.31. The van der Waals surface area contributed by atoms with Gasteiger partial charge in [0, 0.05) is 7.11 Å². The summed E-state index contributed by atoms with van der Waals surface area (Å²) in [5.41, 5.74) is -0.300. The molecule has 2 aromatic rings. The van der Waals surface area contributed by atoms with Crippen LogP contribution in [-0.2, 0) is 11.3 Å². The Morgan fingerprint density at radius 2 is 2.21 bits per heavy atom. The molecule has 0 radical (unpaired) electrons. The number of nitro groups is 1. The van der Waals surface area contributed by atoms with Crippen LogP contribution in [0.25, 0.3) is 5.69 Å². The zero-order valence-electron chi connectivity index (χ0n) is 9.84. The maximum Gasteiger partial charge on any atom is 0.331 e. The summed E-state index contributed by atoms with van der Waals surface area (Å²) in [5.74, 6) is -0.578. The molecule has 0 saturated carbocycles. The quantitative estimate of drug-likeness (QED) is 0.640. The maximum absolute atomic E-state index is 13.7. The molecule has 0 amide bonds. The van der Waals surface area contributed by atoms with Gasteiger partial charge in [-0.2, -0.15) is 5.10 Å². The molecule has 0 unspecified atom stereocenters. The number of nitrogens with zero attached hydrogens (tertiary/aromatic N) is 3. The van der Waals surface area contributed by atoms with Gasteiger partial charge in [0.05, 0.1) is 11.5 Å². The Balaban J connectivity index is 2.63. The highest BCUT2D eigenvalue weighted by molar-refractivity contribution is 6.32. The lowest BCUT2D eigenvalue weighted by molar-refractivity contribution is -0.385. The van der Waals surface area contributed by atoms with Crippen LogP contribution >= 0.6 is 11.6 Å². The second kappa shape index (κ2) is 5.33. The molecular weight excluding hydrogens is 277 g/mol. The average Bonchev–Trinajstić information content (AvgIpc) is 2.67. The van der Waals surface area contributed by atoms with Crippen molar-refractivity contribution in [1.29, 1.82) is 0 Å². The zero-order chi connectivity index (χ0) is 14.0. The van der Waals surface area contributed by atoms with Crippen molar-refractivity contribution in [1.82, 2.24) is 9.78 Å². The number of hydrogen-bond acceptors (Lipinski definition) is 4. The molecule has 0 N–H and O–H groups in total. The van der Waals surface area contributed by atoms with Crippen molar-refractivity contribution in [2.75, 3.05) is 7.11 Å². The highest BCUT2D eigenvalue weighted by Gasteiger charge is 2.27. The molecule has 1 aromatic carbocycles. The first kappa shape index (κ1) is 13.4. The van der Waals surface area contributed by atoms with Crippen LogP contribution in [0.5, 0.6) is 0 Å². The molecule has 8 heteroatoms. The van der Waals surface area contributed by atoms with Gasteiger partial charge in [-0.25, -0.2) is 9.07 Å². The van der Waals surface area contributed by atoms with E-state index in [0.29, 0.717) is 0 Å². The van der Waals surface area contributed by atoms with Gasteiger partial charge in [-0.05, 0) is 12.1 Å². The van der Waals surface area contributed by atoms with Gasteiger partial charge in [0.1, 0.15) is 11.5 Å². The minimum absolute atomic E-state index is 0.0398. The number of hydrogen-bond donors (Lipinski definition) is 0. The van der Waals surface area contributed by atoms with Crippen molar-refractivity contribution >= 4 is 17.3 Å². The van der Waals surface area contributed by atoms with Gasteiger partial charge in [0.15, 0.2) is 5.69 Å². The van der Waals surface area contributed by atoms with Gasteiger partial charge in [-0.15, -0.1) is 0 Å². The molecule has 0 spiro atoms. The number of methoxy groups -OCH3 is 1. The molecule has 0 fully saturated rings. The lowest BCUT2D eigenvalue weighted by atomic mass is 10.3. The van der Waals surface area contributed by atoms with Crippen LogP contribution in [0.1, 0.15) is 5.69 Å². The van der Waals surface area contributed by atoms with Gasteiger partial charge in [-0.3, -0.25) is 10.1 Å². The fourth-order valence-corrected chi connectivity index (χ4v) is 1.94. The number of ether oxygens (including phenoxy) is 1. The first-order chi connectivity index (χ1) is 9.06. The fraction of sp³-hybridized carbons (Fsp3) is 0.182. The van der Waals surface area contributed by atoms with Gasteiger partial charge >= 0.3 is 5.69 Å². The Kier molecular flexibility index (Phi) is 3.77. The molecule has 1 heterocycles. The third-order valence-corrected chi connectivity index (χ3v) is 2.76. The van der Waals surface area contributed by atoms with Crippen LogP contribution < -0.4 is 0 Å². The fourth-order valence-electron chi connectivity index (χ4n) is 1.63. The Bertz CT molecular complexity index is 630. The van der Waals surface area contributed by atoms with E-state index in [2.05, 4.69) is 5.10 Å². The van der Waals surface area contributed by atoms with Gasteiger partial charge in [-0.1, -0.05) is 23.7 Å².